The van der Waals surface area contributed by atoms with Crippen LogP contribution in [0.15, 0.2) is 18.5 Å². The van der Waals surface area contributed by atoms with Crippen molar-refractivity contribution in [1.82, 2.24) is 20.5 Å². The minimum atomic E-state index is -0.222. The van der Waals surface area contributed by atoms with Gasteiger partial charge in [-0.1, -0.05) is 11.3 Å². The van der Waals surface area contributed by atoms with Crippen LogP contribution in [0.4, 0.5) is 5.13 Å². The van der Waals surface area contributed by atoms with E-state index >= 15 is 0 Å². The van der Waals surface area contributed by atoms with E-state index in [4.69, 9.17) is 5.73 Å². The quantitative estimate of drug-likeness (QED) is 0.870. The molecule has 0 unspecified atom stereocenters. The number of nitrogens with two attached hydrogens (primary N) is 1. The maximum atomic E-state index is 12.0. The SMILES string of the molecule is Cc1cnccc1C(=O)N[C@H](C)c1nnc(N)s1. The van der Waals surface area contributed by atoms with Crippen molar-refractivity contribution in [3.8, 4) is 0 Å². The molecule has 2 aromatic rings. The van der Waals surface area contributed by atoms with Crippen LogP contribution in [0.3, 0.4) is 0 Å². The van der Waals surface area contributed by atoms with E-state index in [2.05, 4.69) is 20.5 Å². The molecule has 0 radical (unpaired) electrons. The van der Waals surface area contributed by atoms with Crippen LogP contribution in [0.5, 0.6) is 0 Å². The summed E-state index contributed by atoms with van der Waals surface area (Å²) in [5.41, 5.74) is 6.94. The zero-order chi connectivity index (χ0) is 13.1. The van der Waals surface area contributed by atoms with E-state index in [0.29, 0.717) is 15.7 Å². The first-order valence-electron chi connectivity index (χ1n) is 5.38. The topological polar surface area (TPSA) is 93.8 Å². The van der Waals surface area contributed by atoms with Gasteiger partial charge in [-0.05, 0) is 25.5 Å². The van der Waals surface area contributed by atoms with E-state index in [-0.39, 0.29) is 11.9 Å². The van der Waals surface area contributed by atoms with E-state index in [1.165, 1.54) is 11.3 Å². The molecule has 2 aromatic heterocycles. The van der Waals surface area contributed by atoms with Gasteiger partial charge in [-0.25, -0.2) is 0 Å². The molecule has 6 nitrogen and oxygen atoms in total. The Morgan fingerprint density at radius 3 is 2.89 bits per heavy atom. The van der Waals surface area contributed by atoms with Gasteiger partial charge in [-0.3, -0.25) is 9.78 Å². The van der Waals surface area contributed by atoms with Crippen molar-refractivity contribution in [2.45, 2.75) is 19.9 Å². The Balaban J connectivity index is 2.10. The Morgan fingerprint density at radius 2 is 2.28 bits per heavy atom. The number of pyridine rings is 1. The second-order valence-corrected chi connectivity index (χ2v) is 4.90. The molecule has 0 aromatic carbocycles. The van der Waals surface area contributed by atoms with Crippen molar-refractivity contribution in [2.75, 3.05) is 5.73 Å². The number of carbonyl (C=O) groups excluding carboxylic acids is 1. The van der Waals surface area contributed by atoms with E-state index in [1.54, 1.807) is 18.5 Å². The predicted molar refractivity (Wildman–Crippen MR) is 69.2 cm³/mol. The molecule has 2 rings (SSSR count). The van der Waals surface area contributed by atoms with Crippen molar-refractivity contribution >= 4 is 22.4 Å². The molecule has 0 fully saturated rings. The smallest absolute Gasteiger partial charge is 0.252 e. The van der Waals surface area contributed by atoms with Crippen LogP contribution in [-0.2, 0) is 0 Å². The summed E-state index contributed by atoms with van der Waals surface area (Å²) in [6.45, 7) is 3.68. The Bertz CT molecular complexity index is 568. The summed E-state index contributed by atoms with van der Waals surface area (Å²) in [7, 11) is 0. The summed E-state index contributed by atoms with van der Waals surface area (Å²) in [5.74, 6) is -0.156. The first-order chi connectivity index (χ1) is 8.58. The number of amides is 1. The molecule has 0 bridgehead atoms. The number of hydrogen-bond acceptors (Lipinski definition) is 6. The van der Waals surface area contributed by atoms with Crippen LogP contribution in [-0.4, -0.2) is 21.1 Å². The fourth-order valence-electron chi connectivity index (χ4n) is 1.49. The minimum Gasteiger partial charge on any atom is -0.374 e. The van der Waals surface area contributed by atoms with Gasteiger partial charge in [0.1, 0.15) is 5.01 Å². The van der Waals surface area contributed by atoms with Gasteiger partial charge >= 0.3 is 0 Å². The molecule has 1 atom stereocenters. The van der Waals surface area contributed by atoms with Crippen molar-refractivity contribution in [2.24, 2.45) is 0 Å². The highest BCUT2D eigenvalue weighted by Crippen LogP contribution is 2.19. The van der Waals surface area contributed by atoms with Gasteiger partial charge in [0.15, 0.2) is 0 Å². The van der Waals surface area contributed by atoms with Crippen molar-refractivity contribution < 1.29 is 4.79 Å². The highest BCUT2D eigenvalue weighted by atomic mass is 32.1. The van der Waals surface area contributed by atoms with Crippen molar-refractivity contribution in [1.29, 1.82) is 0 Å². The van der Waals surface area contributed by atoms with Gasteiger partial charge in [-0.2, -0.15) is 0 Å². The molecule has 0 saturated carbocycles. The van der Waals surface area contributed by atoms with Gasteiger partial charge in [0.2, 0.25) is 5.13 Å². The lowest BCUT2D eigenvalue weighted by molar-refractivity contribution is 0.0939. The van der Waals surface area contributed by atoms with E-state index < -0.39 is 0 Å². The van der Waals surface area contributed by atoms with Crippen LogP contribution in [0.25, 0.3) is 0 Å². The zero-order valence-corrected chi connectivity index (χ0v) is 10.9. The summed E-state index contributed by atoms with van der Waals surface area (Å²) < 4.78 is 0. The van der Waals surface area contributed by atoms with Gasteiger partial charge < -0.3 is 11.1 Å². The number of carbonyl (C=O) groups is 1. The Labute approximate surface area is 108 Å². The summed E-state index contributed by atoms with van der Waals surface area (Å²) in [4.78, 5) is 16.0. The molecule has 0 saturated heterocycles. The fourth-order valence-corrected chi connectivity index (χ4v) is 2.10. The average Bonchev–Trinajstić information content (AvgIpc) is 2.76. The molecule has 1 amide bonds. The lowest BCUT2D eigenvalue weighted by Gasteiger charge is -2.11. The summed E-state index contributed by atoms with van der Waals surface area (Å²) >= 11 is 1.27. The third-order valence-corrected chi connectivity index (χ3v) is 3.37. The standard InChI is InChI=1S/C11H13N5OS/c1-6-5-13-4-3-8(6)9(17)14-7(2)10-15-16-11(12)18-10/h3-5,7H,1-2H3,(H2,12,16)(H,14,17)/t7-/m1/s1. The number of nitrogen functional groups attached to an aromatic ring is 1. The summed E-state index contributed by atoms with van der Waals surface area (Å²) in [6.07, 6.45) is 3.25. The Morgan fingerprint density at radius 1 is 1.50 bits per heavy atom. The monoisotopic (exact) mass is 263 g/mol. The number of anilines is 1. The van der Waals surface area contributed by atoms with Crippen molar-refractivity contribution in [3.63, 3.8) is 0 Å². The summed E-state index contributed by atoms with van der Waals surface area (Å²) in [5, 5.41) is 11.6. The molecule has 2 heterocycles. The van der Waals surface area contributed by atoms with Crippen LogP contribution in [0.1, 0.15) is 33.9 Å². The normalized spacial score (nSPS) is 12.1. The number of aryl methyl sites for hydroxylation is 1. The van der Waals surface area contributed by atoms with Crippen molar-refractivity contribution in [3.05, 3.63) is 34.6 Å². The van der Waals surface area contributed by atoms with E-state index in [9.17, 15) is 4.79 Å². The third kappa shape index (κ3) is 2.62. The molecule has 0 aliphatic heterocycles. The zero-order valence-electron chi connectivity index (χ0n) is 10.0. The lowest BCUT2D eigenvalue weighted by Crippen LogP contribution is -2.27. The maximum absolute atomic E-state index is 12.0. The average molecular weight is 263 g/mol. The molecule has 18 heavy (non-hydrogen) atoms. The number of hydrogen-bond donors (Lipinski definition) is 2. The molecule has 7 heteroatoms. The van der Waals surface area contributed by atoms with Crippen LogP contribution in [0.2, 0.25) is 0 Å². The highest BCUT2D eigenvalue weighted by molar-refractivity contribution is 7.15. The molecule has 3 N–H and O–H groups in total. The second-order valence-electron chi connectivity index (χ2n) is 3.86. The Kier molecular flexibility index (Phi) is 3.52. The number of nitrogens with zero attached hydrogens (tertiary/aromatic N) is 3. The number of nitrogens with one attached hydrogen (secondary N) is 1. The van der Waals surface area contributed by atoms with Crippen LogP contribution in [0, 0.1) is 6.92 Å². The summed E-state index contributed by atoms with van der Waals surface area (Å²) in [6, 6.07) is 1.46. The molecule has 0 spiro atoms. The molecule has 94 valence electrons. The number of rotatable bonds is 3. The third-order valence-electron chi connectivity index (χ3n) is 2.44. The molecular formula is C11H13N5OS. The van der Waals surface area contributed by atoms with Gasteiger partial charge in [0.25, 0.3) is 5.91 Å². The highest BCUT2D eigenvalue weighted by Gasteiger charge is 2.16. The molecule has 0 aliphatic rings. The first-order valence-corrected chi connectivity index (χ1v) is 6.20. The van der Waals surface area contributed by atoms with E-state index in [0.717, 1.165) is 5.56 Å². The van der Waals surface area contributed by atoms with Crippen LogP contribution < -0.4 is 11.1 Å². The molecule has 0 aliphatic carbocycles. The van der Waals surface area contributed by atoms with Gasteiger partial charge in [0.05, 0.1) is 6.04 Å². The van der Waals surface area contributed by atoms with E-state index in [1.807, 2.05) is 13.8 Å². The fraction of sp³-hybridized carbons (Fsp3) is 0.273. The van der Waals surface area contributed by atoms with Gasteiger partial charge in [-0.15, -0.1) is 10.2 Å². The molecular weight excluding hydrogens is 250 g/mol. The first kappa shape index (κ1) is 12.4. The minimum absolute atomic E-state index is 0.156. The number of aromatic nitrogens is 3. The van der Waals surface area contributed by atoms with Crippen LogP contribution >= 0.6 is 11.3 Å². The lowest BCUT2D eigenvalue weighted by atomic mass is 10.1. The largest absolute Gasteiger partial charge is 0.374 e. The Hall–Kier alpha value is -2.02. The van der Waals surface area contributed by atoms with Gasteiger partial charge in [0, 0.05) is 18.0 Å². The maximum Gasteiger partial charge on any atom is 0.252 e. The predicted octanol–water partition coefficient (Wildman–Crippen LogP) is 1.31. The second kappa shape index (κ2) is 5.09.